The molecule has 3 unspecified atom stereocenters. The molecular weight excluding hydrogens is 98.1 g/mol. The molecule has 46 valence electrons. The fraction of sp³-hybridized carbons (Fsp3) is 0.857. The first kappa shape index (κ1) is 5.80. The van der Waals surface area contributed by atoms with Crippen molar-refractivity contribution in [1.29, 1.82) is 0 Å². The summed E-state index contributed by atoms with van der Waals surface area (Å²) in [6.45, 7) is 6.64. The van der Waals surface area contributed by atoms with Crippen LogP contribution in [0, 0.1) is 11.8 Å². The van der Waals surface area contributed by atoms with E-state index in [0.29, 0.717) is 12.0 Å². The maximum Gasteiger partial charge on any atom is 0.0499 e. The molecule has 0 aliphatic carbocycles. The Bertz CT molecular complexity index is 95.0. The third kappa shape index (κ3) is 0.770. The largest absolute Gasteiger partial charge is 0.294 e. The SMILES string of the molecule is CC1C=NC(C)C1C. The predicted molar refractivity (Wildman–Crippen MR) is 36.3 cm³/mol. The zero-order valence-corrected chi connectivity index (χ0v) is 5.76. The molecule has 1 heterocycles. The number of nitrogens with zero attached hydrogens (tertiary/aromatic N) is 1. The minimum absolute atomic E-state index is 0.560. The van der Waals surface area contributed by atoms with E-state index in [9.17, 15) is 0 Å². The van der Waals surface area contributed by atoms with Crippen molar-refractivity contribution in [2.24, 2.45) is 16.8 Å². The van der Waals surface area contributed by atoms with Gasteiger partial charge in [0.2, 0.25) is 0 Å². The van der Waals surface area contributed by atoms with E-state index >= 15 is 0 Å². The summed E-state index contributed by atoms with van der Waals surface area (Å²) in [7, 11) is 0. The topological polar surface area (TPSA) is 12.4 Å². The molecule has 0 aromatic rings. The number of rotatable bonds is 0. The van der Waals surface area contributed by atoms with Crippen LogP contribution in [0.25, 0.3) is 0 Å². The summed E-state index contributed by atoms with van der Waals surface area (Å²) in [6, 6.07) is 0.560. The summed E-state index contributed by atoms with van der Waals surface area (Å²) in [5.74, 6) is 1.46. The van der Waals surface area contributed by atoms with Crippen LogP contribution in [-0.4, -0.2) is 12.3 Å². The Labute approximate surface area is 50.8 Å². The molecule has 0 spiro atoms. The summed E-state index contributed by atoms with van der Waals surface area (Å²) in [5, 5.41) is 0. The first-order valence-electron chi connectivity index (χ1n) is 3.25. The summed E-state index contributed by atoms with van der Waals surface area (Å²) >= 11 is 0. The minimum Gasteiger partial charge on any atom is -0.294 e. The van der Waals surface area contributed by atoms with Gasteiger partial charge < -0.3 is 0 Å². The highest BCUT2D eigenvalue weighted by Gasteiger charge is 2.21. The summed E-state index contributed by atoms with van der Waals surface area (Å²) < 4.78 is 0. The van der Waals surface area contributed by atoms with Crippen LogP contribution in [-0.2, 0) is 0 Å². The van der Waals surface area contributed by atoms with Gasteiger partial charge in [-0.05, 0) is 18.8 Å². The van der Waals surface area contributed by atoms with E-state index in [0.717, 1.165) is 5.92 Å². The molecule has 1 aliphatic rings. The van der Waals surface area contributed by atoms with Crippen molar-refractivity contribution in [3.63, 3.8) is 0 Å². The van der Waals surface area contributed by atoms with Crippen molar-refractivity contribution >= 4 is 6.21 Å². The smallest absolute Gasteiger partial charge is 0.0499 e. The minimum atomic E-state index is 0.560. The van der Waals surface area contributed by atoms with Gasteiger partial charge in [-0.1, -0.05) is 13.8 Å². The molecule has 1 nitrogen and oxygen atoms in total. The van der Waals surface area contributed by atoms with Crippen molar-refractivity contribution in [1.82, 2.24) is 0 Å². The Morgan fingerprint density at radius 3 is 2.00 bits per heavy atom. The third-order valence-electron chi connectivity index (χ3n) is 2.15. The first-order chi connectivity index (χ1) is 3.72. The predicted octanol–water partition coefficient (Wildman–Crippen LogP) is 1.73. The fourth-order valence-electron chi connectivity index (χ4n) is 0.982. The van der Waals surface area contributed by atoms with Crippen LogP contribution >= 0.6 is 0 Å². The quantitative estimate of drug-likeness (QED) is 0.451. The monoisotopic (exact) mass is 111 g/mol. The maximum absolute atomic E-state index is 4.27. The summed E-state index contributed by atoms with van der Waals surface area (Å²) in [6.07, 6.45) is 2.06. The highest BCUT2D eigenvalue weighted by molar-refractivity contribution is 5.63. The average molecular weight is 111 g/mol. The molecule has 0 saturated heterocycles. The van der Waals surface area contributed by atoms with Gasteiger partial charge in [-0.2, -0.15) is 0 Å². The second kappa shape index (κ2) is 1.88. The number of aliphatic imine (C=N–C) groups is 1. The molecule has 1 aliphatic heterocycles. The van der Waals surface area contributed by atoms with Crippen LogP contribution in [0.15, 0.2) is 4.99 Å². The van der Waals surface area contributed by atoms with E-state index in [-0.39, 0.29) is 0 Å². The van der Waals surface area contributed by atoms with Gasteiger partial charge in [0, 0.05) is 12.3 Å². The van der Waals surface area contributed by atoms with Crippen LogP contribution in [0.5, 0.6) is 0 Å². The van der Waals surface area contributed by atoms with E-state index < -0.39 is 0 Å². The highest BCUT2D eigenvalue weighted by Crippen LogP contribution is 2.21. The van der Waals surface area contributed by atoms with Crippen LogP contribution < -0.4 is 0 Å². The van der Waals surface area contributed by atoms with E-state index in [1.54, 1.807) is 0 Å². The molecule has 3 atom stereocenters. The van der Waals surface area contributed by atoms with Crippen molar-refractivity contribution < 1.29 is 0 Å². The standard InChI is InChI=1S/C7H13N/c1-5-4-8-7(3)6(5)2/h4-7H,1-3H3. The van der Waals surface area contributed by atoms with Crippen molar-refractivity contribution in [3.05, 3.63) is 0 Å². The van der Waals surface area contributed by atoms with Crippen LogP contribution in [0.4, 0.5) is 0 Å². The molecule has 0 N–H and O–H groups in total. The normalized spacial score (nSPS) is 45.6. The molecule has 0 fully saturated rings. The number of hydrogen-bond acceptors (Lipinski definition) is 1. The lowest BCUT2D eigenvalue weighted by Crippen LogP contribution is -2.11. The molecular formula is C7H13N. The molecule has 8 heavy (non-hydrogen) atoms. The molecule has 0 saturated carbocycles. The summed E-state index contributed by atoms with van der Waals surface area (Å²) in [4.78, 5) is 4.27. The van der Waals surface area contributed by atoms with Gasteiger partial charge in [-0.25, -0.2) is 0 Å². The highest BCUT2D eigenvalue weighted by atomic mass is 14.8. The second-order valence-corrected chi connectivity index (χ2v) is 2.76. The maximum atomic E-state index is 4.27. The zero-order valence-electron chi connectivity index (χ0n) is 5.76. The second-order valence-electron chi connectivity index (χ2n) is 2.76. The van der Waals surface area contributed by atoms with Gasteiger partial charge in [-0.15, -0.1) is 0 Å². The Hall–Kier alpha value is -0.330. The van der Waals surface area contributed by atoms with E-state index in [2.05, 4.69) is 32.0 Å². The van der Waals surface area contributed by atoms with Crippen molar-refractivity contribution in [2.45, 2.75) is 26.8 Å². The Morgan fingerprint density at radius 2 is 1.88 bits per heavy atom. The molecule has 0 radical (unpaired) electrons. The van der Waals surface area contributed by atoms with E-state index in [1.807, 2.05) is 0 Å². The van der Waals surface area contributed by atoms with E-state index in [1.165, 1.54) is 0 Å². The van der Waals surface area contributed by atoms with Crippen LogP contribution in [0.3, 0.4) is 0 Å². The van der Waals surface area contributed by atoms with Gasteiger partial charge in [0.1, 0.15) is 0 Å². The van der Waals surface area contributed by atoms with Gasteiger partial charge in [0.25, 0.3) is 0 Å². The Kier molecular flexibility index (Phi) is 1.37. The van der Waals surface area contributed by atoms with Gasteiger partial charge >= 0.3 is 0 Å². The molecule has 0 aromatic carbocycles. The zero-order chi connectivity index (χ0) is 6.15. The third-order valence-corrected chi connectivity index (χ3v) is 2.15. The summed E-state index contributed by atoms with van der Waals surface area (Å²) in [5.41, 5.74) is 0. The Morgan fingerprint density at radius 1 is 1.25 bits per heavy atom. The van der Waals surface area contributed by atoms with Crippen molar-refractivity contribution in [2.75, 3.05) is 0 Å². The first-order valence-corrected chi connectivity index (χ1v) is 3.25. The fourth-order valence-corrected chi connectivity index (χ4v) is 0.982. The van der Waals surface area contributed by atoms with Gasteiger partial charge in [0.15, 0.2) is 0 Å². The molecule has 0 bridgehead atoms. The lowest BCUT2D eigenvalue weighted by Gasteiger charge is -2.10. The lowest BCUT2D eigenvalue weighted by molar-refractivity contribution is 0.454. The number of hydrogen-bond donors (Lipinski definition) is 0. The van der Waals surface area contributed by atoms with Gasteiger partial charge in [-0.3, -0.25) is 4.99 Å². The van der Waals surface area contributed by atoms with Gasteiger partial charge in [0.05, 0.1) is 0 Å². The molecule has 1 heteroatoms. The van der Waals surface area contributed by atoms with Crippen LogP contribution in [0.2, 0.25) is 0 Å². The average Bonchev–Trinajstić information content (AvgIpc) is 1.98. The van der Waals surface area contributed by atoms with E-state index in [4.69, 9.17) is 0 Å². The lowest BCUT2D eigenvalue weighted by atomic mass is 9.95. The molecule has 1 rings (SSSR count). The molecule has 0 amide bonds. The molecule has 0 aromatic heterocycles. The van der Waals surface area contributed by atoms with Crippen molar-refractivity contribution in [3.8, 4) is 0 Å². The Balaban J connectivity index is 2.55. The van der Waals surface area contributed by atoms with Crippen LogP contribution in [0.1, 0.15) is 20.8 Å².